The number of ether oxygens (including phenoxy) is 1. The molecule has 0 N–H and O–H groups in total. The molecule has 0 aliphatic rings. The molecule has 0 aliphatic carbocycles. The molecule has 0 amide bonds. The molecule has 0 fully saturated rings. The van der Waals surface area contributed by atoms with E-state index in [0.29, 0.717) is 22.5 Å². The minimum atomic E-state index is -0.185. The Bertz CT molecular complexity index is 1420. The number of halogens is 1. The van der Waals surface area contributed by atoms with E-state index < -0.39 is 0 Å². The number of thiophene rings is 1. The largest absolute Gasteiger partial charge is 0.487 e. The summed E-state index contributed by atoms with van der Waals surface area (Å²) in [5, 5.41) is 2.07. The zero-order valence-electron chi connectivity index (χ0n) is 20.1. The van der Waals surface area contributed by atoms with Crippen molar-refractivity contribution in [2.75, 3.05) is 0 Å². The zero-order chi connectivity index (χ0) is 24.6. The molecule has 6 nitrogen and oxygen atoms in total. The summed E-state index contributed by atoms with van der Waals surface area (Å²) < 4.78 is 8.04. The van der Waals surface area contributed by atoms with Crippen LogP contribution in [0.1, 0.15) is 48.3 Å². The Morgan fingerprint density at radius 2 is 1.85 bits per heavy atom. The summed E-state index contributed by atoms with van der Waals surface area (Å²) in [4.78, 5) is 28.3. The van der Waals surface area contributed by atoms with Crippen LogP contribution in [0, 0.1) is 20.8 Å². The van der Waals surface area contributed by atoms with E-state index in [0.717, 1.165) is 34.0 Å². The number of hydrogen-bond donors (Lipinski definition) is 0. The number of nitrogens with zero attached hydrogens (tertiary/aromatic N) is 4. The van der Waals surface area contributed by atoms with Crippen LogP contribution >= 0.6 is 27.3 Å². The van der Waals surface area contributed by atoms with Crippen LogP contribution in [0.25, 0.3) is 17.1 Å². The normalized spacial score (nSPS) is 11.6. The van der Waals surface area contributed by atoms with E-state index in [2.05, 4.69) is 65.0 Å². The quantitative estimate of drug-likeness (QED) is 0.297. The van der Waals surface area contributed by atoms with E-state index in [1.54, 1.807) is 28.3 Å². The Hall–Kier alpha value is -2.84. The molecule has 0 saturated carbocycles. The van der Waals surface area contributed by atoms with Crippen molar-refractivity contribution < 1.29 is 4.74 Å². The van der Waals surface area contributed by atoms with Crippen LogP contribution < -0.4 is 10.3 Å². The lowest BCUT2D eigenvalue weighted by Crippen LogP contribution is -2.23. The highest BCUT2D eigenvalue weighted by Gasteiger charge is 2.19. The second-order valence-electron chi connectivity index (χ2n) is 9.33. The molecule has 4 aromatic heterocycles. The molecule has 0 atom stereocenters. The molecule has 0 radical (unpaired) electrons. The van der Waals surface area contributed by atoms with E-state index in [1.807, 2.05) is 32.0 Å². The average Bonchev–Trinajstić information content (AvgIpc) is 3.21. The van der Waals surface area contributed by atoms with Gasteiger partial charge in [-0.2, -0.15) is 0 Å². The molecule has 0 unspecified atom stereocenters. The van der Waals surface area contributed by atoms with Crippen molar-refractivity contribution in [1.82, 2.24) is 19.5 Å². The zero-order valence-corrected chi connectivity index (χ0v) is 22.5. The lowest BCUT2D eigenvalue weighted by Gasteiger charge is -2.18. The van der Waals surface area contributed by atoms with Crippen molar-refractivity contribution in [3.63, 3.8) is 0 Å². The lowest BCUT2D eigenvalue weighted by atomic mass is 9.95. The van der Waals surface area contributed by atoms with Gasteiger partial charge in [0, 0.05) is 40.0 Å². The maximum absolute atomic E-state index is 13.4. The van der Waals surface area contributed by atoms with Gasteiger partial charge in [0.2, 0.25) is 0 Å². The fraction of sp³-hybridized carbons (Fsp3) is 0.308. The molecule has 4 heterocycles. The Balaban J connectivity index is 1.73. The van der Waals surface area contributed by atoms with Crippen molar-refractivity contribution in [2.45, 2.75) is 53.6 Å². The molecule has 0 aliphatic heterocycles. The first-order valence-electron chi connectivity index (χ1n) is 10.9. The van der Waals surface area contributed by atoms with Gasteiger partial charge < -0.3 is 4.74 Å². The van der Waals surface area contributed by atoms with Crippen LogP contribution in [0.2, 0.25) is 0 Å². The van der Waals surface area contributed by atoms with Crippen molar-refractivity contribution in [3.05, 3.63) is 84.4 Å². The molecule has 4 rings (SSSR count). The molecule has 0 bridgehead atoms. The summed E-state index contributed by atoms with van der Waals surface area (Å²) >= 11 is 5.15. The Kier molecular flexibility index (Phi) is 6.73. The molecule has 0 spiro atoms. The van der Waals surface area contributed by atoms with Gasteiger partial charge in [-0.25, -0.2) is 9.97 Å². The first-order chi connectivity index (χ1) is 16.0. The van der Waals surface area contributed by atoms with Crippen LogP contribution in [0.3, 0.4) is 0 Å². The van der Waals surface area contributed by atoms with Crippen LogP contribution in [-0.2, 0) is 12.0 Å². The molecule has 34 heavy (non-hydrogen) atoms. The van der Waals surface area contributed by atoms with Gasteiger partial charge in [-0.3, -0.25) is 14.3 Å². The van der Waals surface area contributed by atoms with E-state index in [1.165, 1.54) is 4.88 Å². The van der Waals surface area contributed by atoms with Crippen molar-refractivity contribution in [2.24, 2.45) is 0 Å². The highest BCUT2D eigenvalue weighted by Crippen LogP contribution is 2.28. The molecule has 8 heteroatoms. The topological polar surface area (TPSA) is 69.9 Å². The van der Waals surface area contributed by atoms with Gasteiger partial charge in [0.05, 0.1) is 17.1 Å². The Morgan fingerprint density at radius 3 is 2.53 bits per heavy atom. The van der Waals surface area contributed by atoms with Crippen LogP contribution in [-0.4, -0.2) is 19.5 Å². The standard InChI is InChI=1S/C26H27BrN4O2S/c1-15-12-29-20(19-7-8-28-25(30-19)26(4,5)6)11-21(15)31-16(2)9-22(23(27)24(31)32)33-13-18-10-17(3)34-14-18/h7-12,14H,13H2,1-6H3. The molecule has 0 aromatic carbocycles. The number of aromatic nitrogens is 4. The summed E-state index contributed by atoms with van der Waals surface area (Å²) in [6.07, 6.45) is 3.52. The number of hydrogen-bond acceptors (Lipinski definition) is 6. The summed E-state index contributed by atoms with van der Waals surface area (Å²) in [6, 6.07) is 7.71. The highest BCUT2D eigenvalue weighted by atomic mass is 79.9. The minimum absolute atomic E-state index is 0.181. The summed E-state index contributed by atoms with van der Waals surface area (Å²) in [5.41, 5.74) is 4.53. The van der Waals surface area contributed by atoms with Gasteiger partial charge in [-0.05, 0) is 65.8 Å². The van der Waals surface area contributed by atoms with Crippen LogP contribution in [0.5, 0.6) is 5.75 Å². The minimum Gasteiger partial charge on any atom is -0.487 e. The van der Waals surface area contributed by atoms with Gasteiger partial charge in [-0.1, -0.05) is 20.8 Å². The SMILES string of the molecule is Cc1cc(COc2cc(C)n(-c3cc(-c4ccnc(C(C)(C)C)n4)ncc3C)c(=O)c2Br)cs1. The molecular formula is C26H27BrN4O2S. The van der Waals surface area contributed by atoms with Crippen molar-refractivity contribution in [3.8, 4) is 22.8 Å². The maximum atomic E-state index is 13.4. The predicted octanol–water partition coefficient (Wildman–Crippen LogP) is 6.32. The van der Waals surface area contributed by atoms with Crippen LogP contribution in [0.15, 0.2) is 51.3 Å². The van der Waals surface area contributed by atoms with Crippen LogP contribution in [0.4, 0.5) is 0 Å². The first-order valence-corrected chi connectivity index (χ1v) is 12.6. The van der Waals surface area contributed by atoms with Gasteiger partial charge in [0.1, 0.15) is 22.7 Å². The molecule has 0 saturated heterocycles. The average molecular weight is 539 g/mol. The number of pyridine rings is 2. The van der Waals surface area contributed by atoms with Gasteiger partial charge in [-0.15, -0.1) is 11.3 Å². The maximum Gasteiger partial charge on any atom is 0.273 e. The third-order valence-corrected chi connectivity index (χ3v) is 7.02. The van der Waals surface area contributed by atoms with Gasteiger partial charge >= 0.3 is 0 Å². The van der Waals surface area contributed by atoms with E-state index >= 15 is 0 Å². The third-order valence-electron chi connectivity index (χ3n) is 5.38. The second-order valence-corrected chi connectivity index (χ2v) is 11.2. The van der Waals surface area contributed by atoms with Crippen molar-refractivity contribution in [1.29, 1.82) is 0 Å². The lowest BCUT2D eigenvalue weighted by molar-refractivity contribution is 0.303. The molecule has 4 aromatic rings. The smallest absolute Gasteiger partial charge is 0.273 e. The fourth-order valence-corrected chi connectivity index (χ4v) is 4.68. The summed E-state index contributed by atoms with van der Waals surface area (Å²) in [7, 11) is 0. The highest BCUT2D eigenvalue weighted by molar-refractivity contribution is 9.10. The Labute approximate surface area is 211 Å². The van der Waals surface area contributed by atoms with Gasteiger partial charge in [0.15, 0.2) is 0 Å². The van der Waals surface area contributed by atoms with Gasteiger partial charge in [0.25, 0.3) is 5.56 Å². The second kappa shape index (κ2) is 9.43. The number of rotatable bonds is 5. The number of aryl methyl sites for hydroxylation is 3. The molecule has 176 valence electrons. The van der Waals surface area contributed by atoms with E-state index in [-0.39, 0.29) is 11.0 Å². The van der Waals surface area contributed by atoms with E-state index in [9.17, 15) is 4.79 Å². The summed E-state index contributed by atoms with van der Waals surface area (Å²) in [6.45, 7) is 12.5. The summed E-state index contributed by atoms with van der Waals surface area (Å²) in [5.74, 6) is 1.27. The fourth-order valence-electron chi connectivity index (χ4n) is 3.58. The first kappa shape index (κ1) is 24.3. The Morgan fingerprint density at radius 1 is 1.09 bits per heavy atom. The van der Waals surface area contributed by atoms with Crippen molar-refractivity contribution >= 4 is 27.3 Å². The predicted molar refractivity (Wildman–Crippen MR) is 140 cm³/mol. The monoisotopic (exact) mass is 538 g/mol. The molecular weight excluding hydrogens is 512 g/mol. The van der Waals surface area contributed by atoms with E-state index in [4.69, 9.17) is 9.72 Å². The third kappa shape index (κ3) is 4.98.